The number of benzene rings is 1. The van der Waals surface area contributed by atoms with Gasteiger partial charge in [0.2, 0.25) is 0 Å². The van der Waals surface area contributed by atoms with Gasteiger partial charge in [0, 0.05) is 6.54 Å². The van der Waals surface area contributed by atoms with Gasteiger partial charge in [-0.3, -0.25) is 4.90 Å². The quantitative estimate of drug-likeness (QED) is 0.842. The number of halogens is 1. The number of nitriles is 1. The van der Waals surface area contributed by atoms with Gasteiger partial charge in [-0.2, -0.15) is 5.26 Å². The summed E-state index contributed by atoms with van der Waals surface area (Å²) in [5, 5.41) is 17.9. The summed E-state index contributed by atoms with van der Waals surface area (Å²) in [7, 11) is 1.75. The molecular formula is C12H15FN2O. The molecule has 0 saturated heterocycles. The largest absolute Gasteiger partial charge is 0.395 e. The molecule has 0 radical (unpaired) electrons. The first-order valence-electron chi connectivity index (χ1n) is 5.07. The van der Waals surface area contributed by atoms with E-state index in [1.165, 1.54) is 6.07 Å². The van der Waals surface area contributed by atoms with E-state index in [1.54, 1.807) is 31.0 Å². The summed E-state index contributed by atoms with van der Waals surface area (Å²) < 4.78 is 13.1. The van der Waals surface area contributed by atoms with Gasteiger partial charge in [-0.15, -0.1) is 0 Å². The average molecular weight is 222 g/mol. The summed E-state index contributed by atoms with van der Waals surface area (Å²) in [6.45, 7) is 2.07. The molecule has 0 aromatic heterocycles. The zero-order valence-electron chi connectivity index (χ0n) is 9.44. The number of aliphatic hydroxyl groups is 1. The highest BCUT2D eigenvalue weighted by Gasteiger charge is 2.16. The van der Waals surface area contributed by atoms with Crippen LogP contribution in [0.25, 0.3) is 0 Å². The molecule has 0 heterocycles. The van der Waals surface area contributed by atoms with Crippen LogP contribution >= 0.6 is 0 Å². The van der Waals surface area contributed by atoms with Gasteiger partial charge in [0.1, 0.15) is 11.9 Å². The van der Waals surface area contributed by atoms with E-state index in [2.05, 4.69) is 6.07 Å². The van der Waals surface area contributed by atoms with Crippen molar-refractivity contribution in [2.75, 3.05) is 20.2 Å². The maximum absolute atomic E-state index is 13.1. The number of hydrogen-bond donors (Lipinski definition) is 1. The predicted molar refractivity (Wildman–Crippen MR) is 59.2 cm³/mol. The first kappa shape index (κ1) is 12.6. The molecule has 0 aliphatic rings. The van der Waals surface area contributed by atoms with Gasteiger partial charge in [-0.25, -0.2) is 4.39 Å². The Labute approximate surface area is 94.7 Å². The molecule has 0 aliphatic carbocycles. The van der Waals surface area contributed by atoms with Crippen LogP contribution in [0.2, 0.25) is 0 Å². The average Bonchev–Trinajstić information content (AvgIpc) is 2.25. The molecule has 1 rings (SSSR count). The van der Waals surface area contributed by atoms with Gasteiger partial charge < -0.3 is 5.11 Å². The summed E-state index contributed by atoms with van der Waals surface area (Å²) in [5.41, 5.74) is 1.27. The van der Waals surface area contributed by atoms with Crippen LogP contribution in [-0.4, -0.2) is 30.2 Å². The zero-order valence-corrected chi connectivity index (χ0v) is 9.44. The van der Waals surface area contributed by atoms with Gasteiger partial charge in [0.15, 0.2) is 0 Å². The lowest BCUT2D eigenvalue weighted by Crippen LogP contribution is -2.26. The van der Waals surface area contributed by atoms with Gasteiger partial charge in [0.25, 0.3) is 0 Å². The number of rotatable bonds is 4. The third-order valence-electron chi connectivity index (χ3n) is 2.51. The van der Waals surface area contributed by atoms with Crippen molar-refractivity contribution < 1.29 is 9.50 Å². The molecule has 1 aromatic rings. The van der Waals surface area contributed by atoms with Crippen molar-refractivity contribution in [2.24, 2.45) is 0 Å². The molecule has 0 spiro atoms. The van der Waals surface area contributed by atoms with E-state index in [9.17, 15) is 4.39 Å². The highest BCUT2D eigenvalue weighted by molar-refractivity contribution is 5.29. The molecule has 1 atom stereocenters. The van der Waals surface area contributed by atoms with Crippen molar-refractivity contribution in [2.45, 2.75) is 13.0 Å². The van der Waals surface area contributed by atoms with Gasteiger partial charge >= 0.3 is 0 Å². The van der Waals surface area contributed by atoms with Gasteiger partial charge in [-0.05, 0) is 31.2 Å². The number of likely N-dealkylation sites (N-methyl/N-ethyl adjacent to an activating group) is 1. The molecule has 0 aliphatic heterocycles. The third kappa shape index (κ3) is 2.78. The second kappa shape index (κ2) is 5.59. The Morgan fingerprint density at radius 3 is 2.75 bits per heavy atom. The van der Waals surface area contributed by atoms with E-state index < -0.39 is 6.04 Å². The smallest absolute Gasteiger partial charge is 0.126 e. The molecule has 0 bridgehead atoms. The van der Waals surface area contributed by atoms with Crippen molar-refractivity contribution in [3.8, 4) is 6.07 Å². The van der Waals surface area contributed by atoms with Crippen molar-refractivity contribution in [3.63, 3.8) is 0 Å². The molecule has 1 unspecified atom stereocenters. The normalized spacial score (nSPS) is 12.5. The summed E-state index contributed by atoms with van der Waals surface area (Å²) in [4.78, 5) is 1.73. The fourth-order valence-electron chi connectivity index (χ4n) is 1.55. The molecule has 3 nitrogen and oxygen atoms in total. The summed E-state index contributed by atoms with van der Waals surface area (Å²) in [5.74, 6) is -0.273. The Bertz CT molecular complexity index is 400. The van der Waals surface area contributed by atoms with E-state index in [1.807, 2.05) is 0 Å². The van der Waals surface area contributed by atoms with E-state index >= 15 is 0 Å². The summed E-state index contributed by atoms with van der Waals surface area (Å²) >= 11 is 0. The lowest BCUT2D eigenvalue weighted by atomic mass is 10.0. The van der Waals surface area contributed by atoms with Crippen LogP contribution in [0, 0.1) is 24.1 Å². The molecule has 1 aromatic carbocycles. The second-order valence-electron chi connectivity index (χ2n) is 3.74. The molecule has 1 N–H and O–H groups in total. The van der Waals surface area contributed by atoms with Crippen LogP contribution in [0.15, 0.2) is 18.2 Å². The van der Waals surface area contributed by atoms with E-state index in [0.29, 0.717) is 12.1 Å². The van der Waals surface area contributed by atoms with Crippen molar-refractivity contribution in [1.29, 1.82) is 5.26 Å². The predicted octanol–water partition coefficient (Wildman–Crippen LogP) is 1.62. The van der Waals surface area contributed by atoms with Gasteiger partial charge in [-0.1, -0.05) is 12.1 Å². The van der Waals surface area contributed by atoms with Crippen LogP contribution in [0.1, 0.15) is 17.2 Å². The minimum Gasteiger partial charge on any atom is -0.395 e. The standard InChI is InChI=1S/C12H15FN2O/c1-9-7-10(3-4-11(9)13)12(8-14)15(2)5-6-16/h3-4,7,12,16H,5-6H2,1-2H3. The SMILES string of the molecule is Cc1cc(C(C#N)N(C)CCO)ccc1F. The number of hydrogen-bond acceptors (Lipinski definition) is 3. The Morgan fingerprint density at radius 1 is 1.56 bits per heavy atom. The Morgan fingerprint density at radius 2 is 2.25 bits per heavy atom. The van der Waals surface area contributed by atoms with E-state index in [-0.39, 0.29) is 12.4 Å². The highest BCUT2D eigenvalue weighted by atomic mass is 19.1. The number of nitrogens with zero attached hydrogens (tertiary/aromatic N) is 2. The van der Waals surface area contributed by atoms with Crippen molar-refractivity contribution in [3.05, 3.63) is 35.1 Å². The van der Waals surface area contributed by atoms with Gasteiger partial charge in [0.05, 0.1) is 12.7 Å². The Kier molecular flexibility index (Phi) is 4.41. The Balaban J connectivity index is 2.96. The van der Waals surface area contributed by atoms with Crippen LogP contribution in [0.5, 0.6) is 0 Å². The molecular weight excluding hydrogens is 207 g/mol. The van der Waals surface area contributed by atoms with Crippen LogP contribution in [-0.2, 0) is 0 Å². The monoisotopic (exact) mass is 222 g/mol. The molecule has 4 heteroatoms. The second-order valence-corrected chi connectivity index (χ2v) is 3.74. The fourth-order valence-corrected chi connectivity index (χ4v) is 1.55. The molecule has 86 valence electrons. The number of aryl methyl sites for hydroxylation is 1. The molecule has 0 fully saturated rings. The molecule has 0 amide bonds. The van der Waals surface area contributed by atoms with E-state index in [0.717, 1.165) is 5.56 Å². The van der Waals surface area contributed by atoms with Crippen LogP contribution in [0.4, 0.5) is 4.39 Å². The first-order valence-corrected chi connectivity index (χ1v) is 5.07. The maximum Gasteiger partial charge on any atom is 0.126 e. The minimum atomic E-state index is -0.452. The minimum absolute atomic E-state index is 0.00510. The zero-order chi connectivity index (χ0) is 12.1. The highest BCUT2D eigenvalue weighted by Crippen LogP contribution is 2.20. The fraction of sp³-hybridized carbons (Fsp3) is 0.417. The van der Waals surface area contributed by atoms with Crippen LogP contribution < -0.4 is 0 Å². The van der Waals surface area contributed by atoms with E-state index in [4.69, 9.17) is 10.4 Å². The first-order chi connectivity index (χ1) is 7.60. The van der Waals surface area contributed by atoms with Crippen molar-refractivity contribution >= 4 is 0 Å². The topological polar surface area (TPSA) is 47.3 Å². The summed E-state index contributed by atoms with van der Waals surface area (Å²) in [6, 6.07) is 6.32. The lowest BCUT2D eigenvalue weighted by Gasteiger charge is -2.21. The molecule has 0 saturated carbocycles. The Hall–Kier alpha value is -1.44. The number of aliphatic hydroxyl groups excluding tert-OH is 1. The lowest BCUT2D eigenvalue weighted by molar-refractivity contribution is 0.203. The third-order valence-corrected chi connectivity index (χ3v) is 2.51. The molecule has 16 heavy (non-hydrogen) atoms. The maximum atomic E-state index is 13.1. The van der Waals surface area contributed by atoms with Crippen LogP contribution in [0.3, 0.4) is 0 Å². The summed E-state index contributed by atoms with van der Waals surface area (Å²) in [6.07, 6.45) is 0. The van der Waals surface area contributed by atoms with Crippen molar-refractivity contribution in [1.82, 2.24) is 4.90 Å².